The zero-order valence-electron chi connectivity index (χ0n) is 11.0. The number of nitrogens with zero attached hydrogens (tertiary/aromatic N) is 2. The smallest absolute Gasteiger partial charge is 0.161 e. The molecule has 0 aliphatic carbocycles. The van der Waals surface area contributed by atoms with Crippen molar-refractivity contribution in [2.75, 3.05) is 7.11 Å². The highest BCUT2D eigenvalue weighted by Crippen LogP contribution is 2.31. The maximum absolute atomic E-state index is 5.68. The molecular formula is C12H18N4O2. The predicted molar refractivity (Wildman–Crippen MR) is 67.1 cm³/mol. The number of aryl methyl sites for hydroxylation is 3. The average molecular weight is 250 g/mol. The van der Waals surface area contributed by atoms with Gasteiger partial charge < -0.3 is 9.15 Å². The van der Waals surface area contributed by atoms with E-state index in [1.807, 2.05) is 27.0 Å². The van der Waals surface area contributed by atoms with Gasteiger partial charge in [-0.1, -0.05) is 0 Å². The van der Waals surface area contributed by atoms with Crippen LogP contribution in [0.15, 0.2) is 16.7 Å². The lowest BCUT2D eigenvalue weighted by Crippen LogP contribution is -2.30. The normalized spacial score (nSPS) is 12.7. The fourth-order valence-corrected chi connectivity index (χ4v) is 2.17. The van der Waals surface area contributed by atoms with E-state index in [0.29, 0.717) is 5.75 Å². The number of aromatic nitrogens is 2. The van der Waals surface area contributed by atoms with Gasteiger partial charge in [0.2, 0.25) is 0 Å². The Morgan fingerprint density at radius 3 is 2.72 bits per heavy atom. The number of nitrogens with two attached hydrogens (primary N) is 1. The monoisotopic (exact) mass is 250 g/mol. The number of nitrogens with one attached hydrogen (secondary N) is 1. The Labute approximate surface area is 106 Å². The summed E-state index contributed by atoms with van der Waals surface area (Å²) in [5, 5.41) is 4.18. The van der Waals surface area contributed by atoms with Gasteiger partial charge in [-0.05, 0) is 19.9 Å². The zero-order valence-corrected chi connectivity index (χ0v) is 11.0. The maximum atomic E-state index is 5.68. The predicted octanol–water partition coefficient (Wildman–Crippen LogP) is 1.19. The van der Waals surface area contributed by atoms with Crippen molar-refractivity contribution < 1.29 is 9.15 Å². The van der Waals surface area contributed by atoms with E-state index in [1.54, 1.807) is 18.0 Å². The summed E-state index contributed by atoms with van der Waals surface area (Å²) in [5.41, 5.74) is 4.64. The van der Waals surface area contributed by atoms with Gasteiger partial charge in [-0.2, -0.15) is 5.10 Å². The van der Waals surface area contributed by atoms with Crippen LogP contribution in [0, 0.1) is 13.8 Å². The molecule has 1 atom stereocenters. The third kappa shape index (κ3) is 2.00. The topological polar surface area (TPSA) is 78.2 Å². The SMILES string of the molecule is COc1cnn(C)c1C(NN)c1cc(C)oc1C. The largest absolute Gasteiger partial charge is 0.493 e. The Morgan fingerprint density at radius 2 is 2.22 bits per heavy atom. The van der Waals surface area contributed by atoms with Crippen LogP contribution in [0.3, 0.4) is 0 Å². The molecule has 2 heterocycles. The molecule has 0 radical (unpaired) electrons. The Hall–Kier alpha value is -1.79. The summed E-state index contributed by atoms with van der Waals surface area (Å²) in [6.45, 7) is 3.82. The molecule has 6 nitrogen and oxygen atoms in total. The van der Waals surface area contributed by atoms with Gasteiger partial charge in [0, 0.05) is 12.6 Å². The zero-order chi connectivity index (χ0) is 13.3. The summed E-state index contributed by atoms with van der Waals surface area (Å²) < 4.78 is 12.6. The molecule has 0 aromatic carbocycles. The second-order valence-electron chi connectivity index (χ2n) is 4.19. The first-order valence-electron chi connectivity index (χ1n) is 5.67. The first-order valence-corrected chi connectivity index (χ1v) is 5.67. The van der Waals surface area contributed by atoms with E-state index in [2.05, 4.69) is 10.5 Å². The minimum Gasteiger partial charge on any atom is -0.493 e. The van der Waals surface area contributed by atoms with Crippen LogP contribution >= 0.6 is 0 Å². The Bertz CT molecular complexity index is 544. The number of furan rings is 1. The number of hydrogen-bond acceptors (Lipinski definition) is 5. The standard InChI is InChI=1S/C12H18N4O2/c1-7-5-9(8(2)18-7)11(15-13)12-10(17-4)6-14-16(12)3/h5-6,11,15H,13H2,1-4H3. The van der Waals surface area contributed by atoms with E-state index in [9.17, 15) is 0 Å². The van der Waals surface area contributed by atoms with E-state index in [1.165, 1.54) is 0 Å². The number of methoxy groups -OCH3 is 1. The van der Waals surface area contributed by atoms with E-state index in [-0.39, 0.29) is 6.04 Å². The van der Waals surface area contributed by atoms with E-state index in [4.69, 9.17) is 15.0 Å². The number of hydrogen-bond donors (Lipinski definition) is 2. The second-order valence-corrected chi connectivity index (χ2v) is 4.19. The third-order valence-electron chi connectivity index (χ3n) is 3.00. The Balaban J connectivity index is 2.51. The first kappa shape index (κ1) is 12.7. The highest BCUT2D eigenvalue weighted by Gasteiger charge is 2.24. The second kappa shape index (κ2) is 4.83. The molecule has 0 bridgehead atoms. The van der Waals surface area contributed by atoms with Crippen molar-refractivity contribution in [1.82, 2.24) is 15.2 Å². The van der Waals surface area contributed by atoms with Crippen molar-refractivity contribution in [3.8, 4) is 5.75 Å². The molecule has 6 heteroatoms. The molecule has 2 aromatic rings. The molecule has 0 fully saturated rings. The fraction of sp³-hybridized carbons (Fsp3) is 0.417. The summed E-state index contributed by atoms with van der Waals surface area (Å²) in [4.78, 5) is 0. The number of rotatable bonds is 4. The van der Waals surface area contributed by atoms with E-state index < -0.39 is 0 Å². The minimum atomic E-state index is -0.218. The highest BCUT2D eigenvalue weighted by molar-refractivity contribution is 5.38. The average Bonchev–Trinajstić information content (AvgIpc) is 2.85. The molecule has 0 amide bonds. The molecule has 0 aliphatic rings. The molecule has 0 aliphatic heterocycles. The van der Waals surface area contributed by atoms with Crippen LogP contribution in [0.4, 0.5) is 0 Å². The molecule has 0 saturated carbocycles. The van der Waals surface area contributed by atoms with Crippen LogP contribution in [-0.2, 0) is 7.05 Å². The first-order chi connectivity index (χ1) is 8.58. The van der Waals surface area contributed by atoms with Crippen molar-refractivity contribution >= 4 is 0 Å². The van der Waals surface area contributed by atoms with Crippen LogP contribution in [-0.4, -0.2) is 16.9 Å². The molecule has 1 unspecified atom stereocenters. The lowest BCUT2D eigenvalue weighted by Gasteiger charge is -2.17. The van der Waals surface area contributed by atoms with Crippen LogP contribution in [0.25, 0.3) is 0 Å². The summed E-state index contributed by atoms with van der Waals surface area (Å²) in [6.07, 6.45) is 1.67. The minimum absolute atomic E-state index is 0.218. The maximum Gasteiger partial charge on any atom is 0.161 e. The molecule has 0 spiro atoms. The van der Waals surface area contributed by atoms with E-state index >= 15 is 0 Å². The van der Waals surface area contributed by atoms with Gasteiger partial charge in [0.15, 0.2) is 5.75 Å². The quantitative estimate of drug-likeness (QED) is 0.629. The van der Waals surface area contributed by atoms with Gasteiger partial charge in [-0.15, -0.1) is 0 Å². The molecule has 2 aromatic heterocycles. The highest BCUT2D eigenvalue weighted by atomic mass is 16.5. The van der Waals surface area contributed by atoms with Gasteiger partial charge >= 0.3 is 0 Å². The van der Waals surface area contributed by atoms with Gasteiger partial charge in [0.1, 0.15) is 17.2 Å². The molecule has 2 rings (SSSR count). The summed E-state index contributed by atoms with van der Waals surface area (Å²) in [6, 6.07) is 1.75. The summed E-state index contributed by atoms with van der Waals surface area (Å²) in [7, 11) is 3.46. The third-order valence-corrected chi connectivity index (χ3v) is 3.00. The van der Waals surface area contributed by atoms with Gasteiger partial charge in [-0.3, -0.25) is 10.5 Å². The van der Waals surface area contributed by atoms with Gasteiger partial charge in [0.25, 0.3) is 0 Å². The van der Waals surface area contributed by atoms with Crippen molar-refractivity contribution in [2.24, 2.45) is 12.9 Å². The van der Waals surface area contributed by atoms with Crippen molar-refractivity contribution in [3.05, 3.63) is 35.0 Å². The molecule has 3 N–H and O–H groups in total. The van der Waals surface area contributed by atoms with Gasteiger partial charge in [-0.25, -0.2) is 5.43 Å². The van der Waals surface area contributed by atoms with Crippen LogP contribution in [0.5, 0.6) is 5.75 Å². The van der Waals surface area contributed by atoms with Crippen molar-refractivity contribution in [3.63, 3.8) is 0 Å². The van der Waals surface area contributed by atoms with Gasteiger partial charge in [0.05, 0.1) is 19.3 Å². The van der Waals surface area contributed by atoms with Crippen LogP contribution in [0.1, 0.15) is 28.8 Å². The molecule has 0 saturated heterocycles. The number of ether oxygens (including phenoxy) is 1. The van der Waals surface area contributed by atoms with Crippen molar-refractivity contribution in [2.45, 2.75) is 19.9 Å². The van der Waals surface area contributed by atoms with Crippen LogP contribution in [0.2, 0.25) is 0 Å². The summed E-state index contributed by atoms with van der Waals surface area (Å²) in [5.74, 6) is 8.05. The fourth-order valence-electron chi connectivity index (χ4n) is 2.17. The summed E-state index contributed by atoms with van der Waals surface area (Å²) >= 11 is 0. The Kier molecular flexibility index (Phi) is 3.40. The lowest BCUT2D eigenvalue weighted by molar-refractivity contribution is 0.400. The van der Waals surface area contributed by atoms with Crippen molar-refractivity contribution in [1.29, 1.82) is 0 Å². The number of hydrazine groups is 1. The lowest BCUT2D eigenvalue weighted by atomic mass is 10.0. The van der Waals surface area contributed by atoms with Crippen LogP contribution < -0.4 is 16.0 Å². The molecular weight excluding hydrogens is 232 g/mol. The molecule has 98 valence electrons. The van der Waals surface area contributed by atoms with E-state index in [0.717, 1.165) is 22.8 Å². The molecule has 18 heavy (non-hydrogen) atoms. The Morgan fingerprint density at radius 1 is 1.50 bits per heavy atom.